The van der Waals surface area contributed by atoms with Crippen LogP contribution in [0.4, 0.5) is 0 Å². The van der Waals surface area contributed by atoms with Crippen molar-refractivity contribution in [3.05, 3.63) is 71.8 Å². The van der Waals surface area contributed by atoms with E-state index in [-0.39, 0.29) is 11.5 Å². The molecule has 0 N–H and O–H groups in total. The highest BCUT2D eigenvalue weighted by Gasteiger charge is 2.39. The van der Waals surface area contributed by atoms with Crippen LogP contribution in [0.3, 0.4) is 0 Å². The monoisotopic (exact) mass is 332 g/mol. The standard InChI is InChI=1S/C18H20O4S/c19-23(20)13-17(21-11-15-7-3-1-4-8-15)18(14-23)22-12-16-9-5-2-6-10-16/h1-10,17-18H,11-14H2/t17-,18-/m0/s1. The summed E-state index contributed by atoms with van der Waals surface area (Å²) >= 11 is 0. The van der Waals surface area contributed by atoms with Gasteiger partial charge >= 0.3 is 0 Å². The number of hydrogen-bond acceptors (Lipinski definition) is 4. The molecule has 1 aliphatic rings. The van der Waals surface area contributed by atoms with Crippen LogP contribution in [0.1, 0.15) is 11.1 Å². The lowest BCUT2D eigenvalue weighted by molar-refractivity contribution is -0.0591. The third-order valence-electron chi connectivity index (χ3n) is 3.86. The van der Waals surface area contributed by atoms with Crippen LogP contribution < -0.4 is 0 Å². The second-order valence-corrected chi connectivity index (χ2v) is 7.90. The van der Waals surface area contributed by atoms with Crippen LogP contribution in [-0.4, -0.2) is 32.1 Å². The number of sulfone groups is 1. The molecule has 3 rings (SSSR count). The van der Waals surface area contributed by atoms with Gasteiger partial charge in [-0.1, -0.05) is 60.7 Å². The summed E-state index contributed by atoms with van der Waals surface area (Å²) < 4.78 is 35.5. The van der Waals surface area contributed by atoms with Crippen LogP contribution in [0.5, 0.6) is 0 Å². The lowest BCUT2D eigenvalue weighted by Crippen LogP contribution is -2.29. The van der Waals surface area contributed by atoms with E-state index < -0.39 is 22.0 Å². The Hall–Kier alpha value is -1.69. The van der Waals surface area contributed by atoms with Crippen molar-refractivity contribution in [1.29, 1.82) is 0 Å². The summed E-state index contributed by atoms with van der Waals surface area (Å²) in [6.45, 7) is 0.790. The molecule has 1 fully saturated rings. The fourth-order valence-electron chi connectivity index (χ4n) is 2.65. The van der Waals surface area contributed by atoms with E-state index in [4.69, 9.17) is 9.47 Å². The lowest BCUT2D eigenvalue weighted by atomic mass is 10.2. The Morgan fingerprint density at radius 3 is 1.52 bits per heavy atom. The van der Waals surface area contributed by atoms with Gasteiger partial charge in [0.25, 0.3) is 0 Å². The van der Waals surface area contributed by atoms with Crippen molar-refractivity contribution in [2.24, 2.45) is 0 Å². The zero-order valence-electron chi connectivity index (χ0n) is 12.8. The van der Waals surface area contributed by atoms with Crippen molar-refractivity contribution >= 4 is 9.84 Å². The quantitative estimate of drug-likeness (QED) is 0.816. The summed E-state index contributed by atoms with van der Waals surface area (Å²) in [6.07, 6.45) is -0.826. The van der Waals surface area contributed by atoms with Crippen LogP contribution in [-0.2, 0) is 32.5 Å². The Morgan fingerprint density at radius 2 is 1.13 bits per heavy atom. The zero-order valence-corrected chi connectivity index (χ0v) is 13.6. The van der Waals surface area contributed by atoms with E-state index in [9.17, 15) is 8.42 Å². The van der Waals surface area contributed by atoms with Crippen molar-refractivity contribution in [1.82, 2.24) is 0 Å². The number of benzene rings is 2. The van der Waals surface area contributed by atoms with Gasteiger partial charge in [-0.15, -0.1) is 0 Å². The Labute approximate surface area is 137 Å². The van der Waals surface area contributed by atoms with Crippen molar-refractivity contribution in [3.8, 4) is 0 Å². The third-order valence-corrected chi connectivity index (χ3v) is 5.54. The van der Waals surface area contributed by atoms with Crippen LogP contribution in [0.2, 0.25) is 0 Å². The minimum atomic E-state index is -3.10. The molecular formula is C18H20O4S. The minimum Gasteiger partial charge on any atom is -0.370 e. The Kier molecular flexibility index (Phi) is 5.10. The number of ether oxygens (including phenoxy) is 2. The normalized spacial score (nSPS) is 23.0. The molecule has 0 unspecified atom stereocenters. The molecular weight excluding hydrogens is 312 g/mol. The molecule has 5 heteroatoms. The van der Waals surface area contributed by atoms with E-state index >= 15 is 0 Å². The Bertz CT molecular complexity index is 656. The van der Waals surface area contributed by atoms with Crippen LogP contribution >= 0.6 is 0 Å². The van der Waals surface area contributed by atoms with Gasteiger partial charge in [0.1, 0.15) is 0 Å². The molecule has 0 aromatic heterocycles. The van der Waals surface area contributed by atoms with Gasteiger partial charge in [-0.3, -0.25) is 0 Å². The van der Waals surface area contributed by atoms with E-state index in [1.165, 1.54) is 0 Å². The van der Waals surface area contributed by atoms with Gasteiger partial charge in [0, 0.05) is 0 Å². The van der Waals surface area contributed by atoms with E-state index in [2.05, 4.69) is 0 Å². The molecule has 2 aromatic carbocycles. The fraction of sp³-hybridized carbons (Fsp3) is 0.333. The van der Waals surface area contributed by atoms with Crippen molar-refractivity contribution in [3.63, 3.8) is 0 Å². The molecule has 0 radical (unpaired) electrons. The first-order chi connectivity index (χ1) is 11.1. The maximum atomic E-state index is 11.9. The molecule has 1 aliphatic heterocycles. The van der Waals surface area contributed by atoms with E-state index in [1.54, 1.807) is 0 Å². The minimum absolute atomic E-state index is 0.0271. The van der Waals surface area contributed by atoms with Crippen molar-refractivity contribution in [2.75, 3.05) is 11.5 Å². The second-order valence-electron chi connectivity index (χ2n) is 5.75. The summed E-state index contributed by atoms with van der Waals surface area (Å²) in [5.74, 6) is 0.0541. The first-order valence-electron chi connectivity index (χ1n) is 7.64. The summed E-state index contributed by atoms with van der Waals surface area (Å²) in [7, 11) is -3.10. The molecule has 2 aromatic rings. The molecule has 4 nitrogen and oxygen atoms in total. The maximum absolute atomic E-state index is 11.9. The van der Waals surface area contributed by atoms with Gasteiger partial charge in [-0.2, -0.15) is 0 Å². The molecule has 1 heterocycles. The van der Waals surface area contributed by atoms with Crippen molar-refractivity contribution < 1.29 is 17.9 Å². The smallest absolute Gasteiger partial charge is 0.155 e. The van der Waals surface area contributed by atoms with Crippen LogP contribution in [0.15, 0.2) is 60.7 Å². The fourth-order valence-corrected chi connectivity index (χ4v) is 4.41. The molecule has 23 heavy (non-hydrogen) atoms. The maximum Gasteiger partial charge on any atom is 0.155 e. The van der Waals surface area contributed by atoms with Crippen molar-refractivity contribution in [2.45, 2.75) is 25.4 Å². The number of rotatable bonds is 6. The van der Waals surface area contributed by atoms with E-state index in [1.807, 2.05) is 60.7 Å². The SMILES string of the molecule is O=S1(=O)C[C@H](OCc2ccccc2)[C@@H](OCc2ccccc2)C1. The zero-order chi connectivity index (χ0) is 16.1. The first kappa shape index (κ1) is 16.2. The van der Waals surface area contributed by atoms with Gasteiger partial charge in [0.15, 0.2) is 9.84 Å². The van der Waals surface area contributed by atoms with Gasteiger partial charge < -0.3 is 9.47 Å². The van der Waals surface area contributed by atoms with E-state index in [0.717, 1.165) is 11.1 Å². The summed E-state index contributed by atoms with van der Waals surface area (Å²) in [6, 6.07) is 19.5. The molecule has 0 amide bonds. The predicted octanol–water partition coefficient (Wildman–Crippen LogP) is 2.59. The Morgan fingerprint density at radius 1 is 0.739 bits per heavy atom. The topological polar surface area (TPSA) is 52.6 Å². The highest BCUT2D eigenvalue weighted by Crippen LogP contribution is 2.21. The molecule has 0 aliphatic carbocycles. The molecule has 122 valence electrons. The summed E-state index contributed by atoms with van der Waals surface area (Å²) in [4.78, 5) is 0. The molecule has 0 spiro atoms. The summed E-state index contributed by atoms with van der Waals surface area (Å²) in [5, 5.41) is 0. The van der Waals surface area contributed by atoms with E-state index in [0.29, 0.717) is 13.2 Å². The third kappa shape index (κ3) is 4.64. The van der Waals surface area contributed by atoms with Gasteiger partial charge in [-0.05, 0) is 11.1 Å². The largest absolute Gasteiger partial charge is 0.370 e. The molecule has 2 atom stereocenters. The van der Waals surface area contributed by atoms with Crippen LogP contribution in [0.25, 0.3) is 0 Å². The highest BCUT2D eigenvalue weighted by atomic mass is 32.2. The summed E-state index contributed by atoms with van der Waals surface area (Å²) in [5.41, 5.74) is 2.05. The average Bonchev–Trinajstić information content (AvgIpc) is 2.87. The molecule has 0 bridgehead atoms. The molecule has 1 saturated heterocycles. The number of hydrogen-bond donors (Lipinski definition) is 0. The first-order valence-corrected chi connectivity index (χ1v) is 9.46. The highest BCUT2D eigenvalue weighted by molar-refractivity contribution is 7.91. The lowest BCUT2D eigenvalue weighted by Gasteiger charge is -2.19. The second kappa shape index (κ2) is 7.25. The van der Waals surface area contributed by atoms with Gasteiger partial charge in [0.2, 0.25) is 0 Å². The van der Waals surface area contributed by atoms with Crippen LogP contribution in [0, 0.1) is 0 Å². The predicted molar refractivity (Wildman–Crippen MR) is 88.7 cm³/mol. The van der Waals surface area contributed by atoms with Gasteiger partial charge in [-0.25, -0.2) is 8.42 Å². The molecule has 0 saturated carbocycles. The Balaban J connectivity index is 1.60. The van der Waals surface area contributed by atoms with Gasteiger partial charge in [0.05, 0.1) is 36.9 Å². The average molecular weight is 332 g/mol.